The fourth-order valence-electron chi connectivity index (χ4n) is 2.12. The van der Waals surface area contributed by atoms with Gasteiger partial charge in [0.25, 0.3) is 0 Å². The van der Waals surface area contributed by atoms with Gasteiger partial charge in [-0.15, -0.1) is 0 Å². The maximum Gasteiger partial charge on any atom is 0.234 e. The molecule has 0 radical (unpaired) electrons. The van der Waals surface area contributed by atoms with Crippen molar-refractivity contribution in [2.45, 2.75) is 58.0 Å². The molecule has 0 aromatic rings. The number of rotatable bonds is 6. The molecule has 0 saturated carbocycles. The minimum absolute atomic E-state index is 0.0591. The highest BCUT2D eigenvalue weighted by Gasteiger charge is 2.27. The van der Waals surface area contributed by atoms with Crippen molar-refractivity contribution in [2.75, 3.05) is 19.8 Å². The van der Waals surface area contributed by atoms with Crippen LogP contribution in [0.3, 0.4) is 0 Å². The van der Waals surface area contributed by atoms with Crippen LogP contribution >= 0.6 is 0 Å². The number of ether oxygens (including phenoxy) is 1. The first-order chi connectivity index (χ1) is 8.06. The quantitative estimate of drug-likeness (QED) is 0.741. The summed E-state index contributed by atoms with van der Waals surface area (Å²) >= 11 is 0. The van der Waals surface area contributed by atoms with Crippen molar-refractivity contribution in [3.05, 3.63) is 0 Å². The predicted octanol–water partition coefficient (Wildman–Crippen LogP) is 1.45. The summed E-state index contributed by atoms with van der Waals surface area (Å²) < 4.78 is 5.33. The third kappa shape index (κ3) is 5.50. The van der Waals surface area contributed by atoms with Crippen LogP contribution in [-0.2, 0) is 9.53 Å². The van der Waals surface area contributed by atoms with Crippen LogP contribution in [0, 0.1) is 0 Å². The molecule has 1 saturated heterocycles. The number of amides is 1. The average Bonchev–Trinajstić information content (AvgIpc) is 2.28. The Morgan fingerprint density at radius 3 is 2.65 bits per heavy atom. The number of hydrogen-bond donors (Lipinski definition) is 2. The monoisotopic (exact) mass is 242 g/mol. The van der Waals surface area contributed by atoms with Gasteiger partial charge in [0.15, 0.2) is 0 Å². The van der Waals surface area contributed by atoms with Gasteiger partial charge in [0.2, 0.25) is 5.91 Å². The summed E-state index contributed by atoms with van der Waals surface area (Å²) in [5.74, 6) is 0.0960. The minimum Gasteiger partial charge on any atom is -0.381 e. The van der Waals surface area contributed by atoms with Crippen molar-refractivity contribution in [3.8, 4) is 0 Å². The van der Waals surface area contributed by atoms with Gasteiger partial charge in [0.1, 0.15) is 0 Å². The number of nitrogens with one attached hydrogen (secondary N) is 2. The van der Waals surface area contributed by atoms with Crippen molar-refractivity contribution in [2.24, 2.45) is 0 Å². The lowest BCUT2D eigenvalue weighted by Gasteiger charge is -2.34. The third-order valence-corrected chi connectivity index (χ3v) is 3.40. The van der Waals surface area contributed by atoms with Crippen LogP contribution in [0.15, 0.2) is 0 Å². The van der Waals surface area contributed by atoms with Gasteiger partial charge < -0.3 is 15.4 Å². The maximum absolute atomic E-state index is 11.7. The van der Waals surface area contributed by atoms with Crippen molar-refractivity contribution in [3.63, 3.8) is 0 Å². The summed E-state index contributed by atoms with van der Waals surface area (Å²) in [6.45, 7) is 8.33. The predicted molar refractivity (Wildman–Crippen MR) is 69.0 cm³/mol. The molecule has 1 amide bonds. The van der Waals surface area contributed by atoms with Crippen LogP contribution in [0.4, 0.5) is 0 Å². The fraction of sp³-hybridized carbons (Fsp3) is 0.923. The Hall–Kier alpha value is -0.610. The zero-order valence-electron chi connectivity index (χ0n) is 11.3. The highest BCUT2D eigenvalue weighted by molar-refractivity contribution is 5.78. The van der Waals surface area contributed by atoms with E-state index in [0.717, 1.165) is 38.9 Å². The van der Waals surface area contributed by atoms with Crippen LogP contribution in [0.5, 0.6) is 0 Å². The molecule has 0 aromatic carbocycles. The summed E-state index contributed by atoms with van der Waals surface area (Å²) in [5, 5.41) is 6.36. The third-order valence-electron chi connectivity index (χ3n) is 3.40. The Morgan fingerprint density at radius 2 is 2.06 bits per heavy atom. The van der Waals surface area contributed by atoms with E-state index in [2.05, 4.69) is 31.4 Å². The van der Waals surface area contributed by atoms with E-state index < -0.39 is 0 Å². The molecule has 4 heteroatoms. The van der Waals surface area contributed by atoms with E-state index in [1.54, 1.807) is 0 Å². The lowest BCUT2D eigenvalue weighted by Crippen LogP contribution is -2.51. The van der Waals surface area contributed by atoms with Gasteiger partial charge in [-0.05, 0) is 33.1 Å². The van der Waals surface area contributed by atoms with Gasteiger partial charge in [-0.2, -0.15) is 0 Å². The molecule has 1 unspecified atom stereocenters. The minimum atomic E-state index is 0.0591. The van der Waals surface area contributed by atoms with Crippen molar-refractivity contribution >= 4 is 5.91 Å². The van der Waals surface area contributed by atoms with E-state index in [4.69, 9.17) is 4.74 Å². The molecule has 1 atom stereocenters. The topological polar surface area (TPSA) is 50.4 Å². The number of carbonyl (C=O) groups is 1. The molecule has 1 aliphatic heterocycles. The van der Waals surface area contributed by atoms with Crippen LogP contribution < -0.4 is 10.6 Å². The fourth-order valence-corrected chi connectivity index (χ4v) is 2.12. The molecule has 0 spiro atoms. The average molecular weight is 242 g/mol. The summed E-state index contributed by atoms with van der Waals surface area (Å²) in [7, 11) is 0. The second-order valence-electron chi connectivity index (χ2n) is 5.28. The van der Waals surface area contributed by atoms with E-state index in [9.17, 15) is 4.79 Å². The van der Waals surface area contributed by atoms with Gasteiger partial charge in [0, 0.05) is 24.8 Å². The van der Waals surface area contributed by atoms with Gasteiger partial charge in [-0.25, -0.2) is 0 Å². The first-order valence-electron chi connectivity index (χ1n) is 6.68. The van der Waals surface area contributed by atoms with E-state index >= 15 is 0 Å². The lowest BCUT2D eigenvalue weighted by atomic mass is 9.92. The Morgan fingerprint density at radius 1 is 1.41 bits per heavy atom. The van der Waals surface area contributed by atoms with Crippen LogP contribution in [0.2, 0.25) is 0 Å². The van der Waals surface area contributed by atoms with Crippen LogP contribution in [0.1, 0.15) is 46.5 Å². The van der Waals surface area contributed by atoms with Gasteiger partial charge in [-0.3, -0.25) is 4.79 Å². The summed E-state index contributed by atoms with van der Waals surface area (Å²) in [6, 6.07) is 0.275. The number of hydrogen-bond acceptors (Lipinski definition) is 3. The van der Waals surface area contributed by atoms with Crippen molar-refractivity contribution in [1.82, 2.24) is 10.6 Å². The maximum atomic E-state index is 11.7. The second-order valence-corrected chi connectivity index (χ2v) is 5.28. The molecule has 17 heavy (non-hydrogen) atoms. The smallest absolute Gasteiger partial charge is 0.234 e. The van der Waals surface area contributed by atoms with Crippen LogP contribution in [-0.4, -0.2) is 37.2 Å². The lowest BCUT2D eigenvalue weighted by molar-refractivity contribution is -0.121. The molecule has 0 aromatic heterocycles. The molecule has 4 nitrogen and oxygen atoms in total. The van der Waals surface area contributed by atoms with Crippen LogP contribution in [0.25, 0.3) is 0 Å². The Bertz CT molecular complexity index is 238. The summed E-state index contributed by atoms with van der Waals surface area (Å²) in [4.78, 5) is 11.7. The first-order valence-corrected chi connectivity index (χ1v) is 6.68. The largest absolute Gasteiger partial charge is 0.381 e. The van der Waals surface area contributed by atoms with E-state index in [0.29, 0.717) is 6.54 Å². The molecule has 1 heterocycles. The Balaban J connectivity index is 2.22. The highest BCUT2D eigenvalue weighted by Crippen LogP contribution is 2.19. The van der Waals surface area contributed by atoms with Gasteiger partial charge in [0.05, 0.1) is 6.54 Å². The molecule has 2 N–H and O–H groups in total. The Labute approximate surface area is 104 Å². The van der Waals surface area contributed by atoms with Gasteiger partial charge in [-0.1, -0.05) is 13.3 Å². The molecule has 0 aliphatic carbocycles. The van der Waals surface area contributed by atoms with Crippen molar-refractivity contribution < 1.29 is 9.53 Å². The normalized spacial score (nSPS) is 20.9. The highest BCUT2D eigenvalue weighted by atomic mass is 16.5. The van der Waals surface area contributed by atoms with Crippen molar-refractivity contribution in [1.29, 1.82) is 0 Å². The molecule has 1 aliphatic rings. The van der Waals surface area contributed by atoms with E-state index in [-0.39, 0.29) is 17.5 Å². The summed E-state index contributed by atoms with van der Waals surface area (Å²) in [6.07, 6.45) is 4.09. The number of carbonyl (C=O) groups excluding carboxylic acids is 1. The van der Waals surface area contributed by atoms with E-state index in [1.807, 2.05) is 0 Å². The summed E-state index contributed by atoms with van der Waals surface area (Å²) in [5.41, 5.74) is 0.0591. The van der Waals surface area contributed by atoms with E-state index in [1.165, 1.54) is 0 Å². The molecule has 1 rings (SSSR count). The second kappa shape index (κ2) is 6.97. The molecule has 1 fully saturated rings. The SMILES string of the molecule is CCCC(C)NC(=O)CNC1(C)CCOCC1. The molecular weight excluding hydrogens is 216 g/mol. The molecule has 0 bridgehead atoms. The zero-order chi connectivity index (χ0) is 12.7. The standard InChI is InChI=1S/C13H26N2O2/c1-4-5-11(2)15-12(16)10-14-13(3)6-8-17-9-7-13/h11,14H,4-10H2,1-3H3,(H,15,16). The first kappa shape index (κ1) is 14.5. The molecule has 100 valence electrons. The Kier molecular flexibility index (Phi) is 5.92. The molecular formula is C13H26N2O2. The van der Waals surface area contributed by atoms with Gasteiger partial charge >= 0.3 is 0 Å². The zero-order valence-corrected chi connectivity index (χ0v) is 11.3.